The van der Waals surface area contributed by atoms with Crippen molar-refractivity contribution in [3.63, 3.8) is 0 Å². The zero-order valence-electron chi connectivity index (χ0n) is 16.3. The van der Waals surface area contributed by atoms with Crippen LogP contribution < -0.4 is 5.32 Å². The maximum Gasteiger partial charge on any atom is 0.193 e. The molecule has 1 aliphatic heterocycles. The normalized spacial score (nSPS) is 16.0. The van der Waals surface area contributed by atoms with E-state index in [0.717, 1.165) is 58.1 Å². The highest BCUT2D eigenvalue weighted by molar-refractivity contribution is 6.31. The molecule has 1 aromatic carbocycles. The maximum absolute atomic E-state index is 13.9. The summed E-state index contributed by atoms with van der Waals surface area (Å²) < 4.78 is 24.9. The molecular formula is C20H31ClFN3O2. The van der Waals surface area contributed by atoms with E-state index in [1.165, 1.54) is 6.07 Å². The predicted molar refractivity (Wildman–Crippen MR) is 108 cm³/mol. The van der Waals surface area contributed by atoms with Crippen LogP contribution in [0.4, 0.5) is 4.39 Å². The lowest BCUT2D eigenvalue weighted by molar-refractivity contribution is 0.00991. The Morgan fingerprint density at radius 3 is 2.78 bits per heavy atom. The third-order valence-corrected chi connectivity index (χ3v) is 4.96. The number of hydrogen-bond donors (Lipinski definition) is 1. The van der Waals surface area contributed by atoms with Gasteiger partial charge < -0.3 is 19.7 Å². The lowest BCUT2D eigenvalue weighted by Crippen LogP contribution is -2.47. The second-order valence-electron chi connectivity index (χ2n) is 6.59. The predicted octanol–water partition coefficient (Wildman–Crippen LogP) is 3.50. The van der Waals surface area contributed by atoms with Gasteiger partial charge in [-0.05, 0) is 44.7 Å². The molecule has 0 atom stereocenters. The van der Waals surface area contributed by atoms with E-state index in [4.69, 9.17) is 21.1 Å². The van der Waals surface area contributed by atoms with Crippen molar-refractivity contribution in [2.24, 2.45) is 4.99 Å². The molecule has 7 heteroatoms. The first-order valence-electron chi connectivity index (χ1n) is 9.72. The SMILES string of the molecule is CCNC(=NCCc1c(F)cccc1Cl)N1CCC(OCCCOC)CC1. The molecule has 1 fully saturated rings. The minimum absolute atomic E-state index is 0.269. The third-order valence-electron chi connectivity index (χ3n) is 4.61. The molecule has 1 aliphatic rings. The summed E-state index contributed by atoms with van der Waals surface area (Å²) in [6, 6.07) is 4.77. The molecule has 0 aromatic heterocycles. The van der Waals surface area contributed by atoms with Crippen LogP contribution in [0.15, 0.2) is 23.2 Å². The van der Waals surface area contributed by atoms with Crippen molar-refractivity contribution >= 4 is 17.6 Å². The Labute approximate surface area is 166 Å². The van der Waals surface area contributed by atoms with E-state index in [0.29, 0.717) is 29.7 Å². The molecule has 1 heterocycles. The smallest absolute Gasteiger partial charge is 0.193 e. The number of hydrogen-bond acceptors (Lipinski definition) is 3. The molecule has 0 bridgehead atoms. The van der Waals surface area contributed by atoms with Crippen LogP contribution in [0.3, 0.4) is 0 Å². The third kappa shape index (κ3) is 7.28. The number of nitrogens with zero attached hydrogens (tertiary/aromatic N) is 2. The molecule has 0 saturated carbocycles. The number of ether oxygens (including phenoxy) is 2. The van der Waals surface area contributed by atoms with E-state index < -0.39 is 0 Å². The van der Waals surface area contributed by atoms with Crippen LogP contribution in [-0.2, 0) is 15.9 Å². The lowest BCUT2D eigenvalue weighted by atomic mass is 10.1. The van der Waals surface area contributed by atoms with Crippen molar-refractivity contribution in [3.05, 3.63) is 34.6 Å². The van der Waals surface area contributed by atoms with Gasteiger partial charge in [0.25, 0.3) is 0 Å². The fraction of sp³-hybridized carbons (Fsp3) is 0.650. The minimum Gasteiger partial charge on any atom is -0.385 e. The molecule has 152 valence electrons. The summed E-state index contributed by atoms with van der Waals surface area (Å²) in [7, 11) is 1.71. The summed E-state index contributed by atoms with van der Waals surface area (Å²) >= 11 is 6.10. The van der Waals surface area contributed by atoms with E-state index in [9.17, 15) is 4.39 Å². The molecule has 1 N–H and O–H groups in total. The van der Waals surface area contributed by atoms with Gasteiger partial charge in [0.2, 0.25) is 0 Å². The first-order chi connectivity index (χ1) is 13.2. The number of likely N-dealkylation sites (tertiary alicyclic amines) is 1. The van der Waals surface area contributed by atoms with E-state index in [-0.39, 0.29) is 5.82 Å². The number of nitrogens with one attached hydrogen (secondary N) is 1. The number of rotatable bonds is 9. The van der Waals surface area contributed by atoms with E-state index in [1.807, 2.05) is 0 Å². The van der Waals surface area contributed by atoms with Crippen molar-refractivity contribution < 1.29 is 13.9 Å². The van der Waals surface area contributed by atoms with Crippen molar-refractivity contribution in [2.45, 2.75) is 38.7 Å². The van der Waals surface area contributed by atoms with Gasteiger partial charge in [-0.15, -0.1) is 0 Å². The van der Waals surface area contributed by atoms with E-state index in [2.05, 4.69) is 22.1 Å². The first kappa shape index (κ1) is 21.9. The second kappa shape index (κ2) is 12.2. The fourth-order valence-corrected chi connectivity index (χ4v) is 3.42. The fourth-order valence-electron chi connectivity index (χ4n) is 3.16. The average molecular weight is 400 g/mol. The zero-order valence-corrected chi connectivity index (χ0v) is 17.1. The largest absolute Gasteiger partial charge is 0.385 e. The molecule has 0 radical (unpaired) electrons. The Morgan fingerprint density at radius 1 is 1.33 bits per heavy atom. The molecule has 0 spiro atoms. The Bertz CT molecular complexity index is 572. The van der Waals surface area contributed by atoms with Crippen LogP contribution in [0.1, 0.15) is 31.7 Å². The standard InChI is InChI=1S/C20H31ClFN3O2/c1-3-23-20(24-11-8-17-18(21)6-4-7-19(17)22)25-12-9-16(10-13-25)27-15-5-14-26-2/h4,6-7,16H,3,5,8-15H2,1-2H3,(H,23,24). The lowest BCUT2D eigenvalue weighted by Gasteiger charge is -2.34. The number of benzene rings is 1. The molecule has 0 amide bonds. The van der Waals surface area contributed by atoms with Gasteiger partial charge in [-0.3, -0.25) is 4.99 Å². The summed E-state index contributed by atoms with van der Waals surface area (Å²) in [5, 5.41) is 3.79. The summed E-state index contributed by atoms with van der Waals surface area (Å²) in [4.78, 5) is 6.93. The monoisotopic (exact) mass is 399 g/mol. The highest BCUT2D eigenvalue weighted by Gasteiger charge is 2.21. The van der Waals surface area contributed by atoms with E-state index >= 15 is 0 Å². The molecule has 0 unspecified atom stereocenters. The van der Waals surface area contributed by atoms with Gasteiger partial charge in [0.15, 0.2) is 5.96 Å². The Kier molecular flexibility index (Phi) is 9.87. The van der Waals surface area contributed by atoms with Crippen molar-refractivity contribution in [1.29, 1.82) is 0 Å². The first-order valence-corrected chi connectivity index (χ1v) is 10.1. The van der Waals surface area contributed by atoms with Gasteiger partial charge in [0.05, 0.1) is 6.10 Å². The van der Waals surface area contributed by atoms with Gasteiger partial charge in [0, 0.05) is 57.1 Å². The molecular weight excluding hydrogens is 369 g/mol. The molecule has 1 saturated heterocycles. The number of halogens is 2. The van der Waals surface area contributed by atoms with Crippen LogP contribution in [0.25, 0.3) is 0 Å². The van der Waals surface area contributed by atoms with Gasteiger partial charge in [-0.1, -0.05) is 17.7 Å². The van der Waals surface area contributed by atoms with Crippen LogP contribution in [0.2, 0.25) is 5.02 Å². The Hall–Kier alpha value is -1.37. The van der Waals surface area contributed by atoms with Crippen molar-refractivity contribution in [3.8, 4) is 0 Å². The Balaban J connectivity index is 1.83. The summed E-state index contributed by atoms with van der Waals surface area (Å²) in [5.41, 5.74) is 0.530. The topological polar surface area (TPSA) is 46.1 Å². The van der Waals surface area contributed by atoms with Gasteiger partial charge in [-0.25, -0.2) is 4.39 Å². The number of guanidine groups is 1. The number of aliphatic imine (C=N–C) groups is 1. The highest BCUT2D eigenvalue weighted by Crippen LogP contribution is 2.19. The molecule has 27 heavy (non-hydrogen) atoms. The van der Waals surface area contributed by atoms with Gasteiger partial charge in [0.1, 0.15) is 5.82 Å². The summed E-state index contributed by atoms with van der Waals surface area (Å²) in [6.07, 6.45) is 3.68. The Morgan fingerprint density at radius 2 is 2.11 bits per heavy atom. The quantitative estimate of drug-likeness (QED) is 0.392. The minimum atomic E-state index is -0.269. The molecule has 0 aliphatic carbocycles. The van der Waals surface area contributed by atoms with Crippen LogP contribution in [-0.4, -0.2) is 63.5 Å². The van der Waals surface area contributed by atoms with Gasteiger partial charge in [-0.2, -0.15) is 0 Å². The highest BCUT2D eigenvalue weighted by atomic mass is 35.5. The average Bonchev–Trinajstić information content (AvgIpc) is 2.67. The van der Waals surface area contributed by atoms with Crippen LogP contribution >= 0.6 is 11.6 Å². The van der Waals surface area contributed by atoms with E-state index in [1.54, 1.807) is 19.2 Å². The summed E-state index contributed by atoms with van der Waals surface area (Å²) in [5.74, 6) is 0.608. The van der Waals surface area contributed by atoms with Crippen LogP contribution in [0, 0.1) is 5.82 Å². The maximum atomic E-state index is 13.9. The number of methoxy groups -OCH3 is 1. The van der Waals surface area contributed by atoms with Crippen LogP contribution in [0.5, 0.6) is 0 Å². The zero-order chi connectivity index (χ0) is 19.5. The molecule has 5 nitrogen and oxygen atoms in total. The molecule has 1 aromatic rings. The van der Waals surface area contributed by atoms with Crippen molar-refractivity contribution in [2.75, 3.05) is 46.5 Å². The second-order valence-corrected chi connectivity index (χ2v) is 7.00. The van der Waals surface area contributed by atoms with Crippen molar-refractivity contribution in [1.82, 2.24) is 10.2 Å². The number of piperidine rings is 1. The summed E-state index contributed by atoms with van der Waals surface area (Å²) in [6.45, 7) is 6.64. The van der Waals surface area contributed by atoms with Gasteiger partial charge >= 0.3 is 0 Å². The molecule has 2 rings (SSSR count).